The lowest BCUT2D eigenvalue weighted by Gasteiger charge is -2.14. The zero-order valence-electron chi connectivity index (χ0n) is 16.9. The van der Waals surface area contributed by atoms with Crippen LogP contribution in [0.15, 0.2) is 24.3 Å². The number of aromatic nitrogens is 4. The van der Waals surface area contributed by atoms with E-state index in [1.807, 2.05) is 24.3 Å². The maximum absolute atomic E-state index is 12.4. The highest BCUT2D eigenvalue weighted by Crippen LogP contribution is 2.49. The molecule has 0 fully saturated rings. The second-order valence-electron chi connectivity index (χ2n) is 6.27. The predicted octanol–water partition coefficient (Wildman–Crippen LogP) is 1.82. The third kappa shape index (κ3) is 4.71. The fourth-order valence-corrected chi connectivity index (χ4v) is 3.97. The van der Waals surface area contributed by atoms with Crippen LogP contribution in [0.25, 0.3) is 11.2 Å². The summed E-state index contributed by atoms with van der Waals surface area (Å²) in [6.45, 7) is 0.217. The molecule has 0 bridgehead atoms. The van der Waals surface area contributed by atoms with Crippen LogP contribution in [-0.4, -0.2) is 59.2 Å². The molecule has 0 radical (unpaired) electrons. The van der Waals surface area contributed by atoms with Crippen molar-refractivity contribution in [2.75, 3.05) is 40.3 Å². The number of aliphatic hydroxyl groups is 1. The van der Waals surface area contributed by atoms with Gasteiger partial charge in [0, 0.05) is 14.2 Å². The minimum absolute atomic E-state index is 0.0349. The van der Waals surface area contributed by atoms with Gasteiger partial charge in [-0.25, -0.2) is 0 Å². The molecule has 0 amide bonds. The topological polar surface area (TPSA) is 144 Å². The van der Waals surface area contributed by atoms with Crippen molar-refractivity contribution in [3.63, 3.8) is 0 Å². The fraction of sp³-hybridized carbons (Fsp3) is 0.389. The average Bonchev–Trinajstić information content (AvgIpc) is 3.10. The van der Waals surface area contributed by atoms with E-state index in [1.54, 1.807) is 4.57 Å². The van der Waals surface area contributed by atoms with E-state index in [1.165, 1.54) is 21.3 Å². The van der Waals surface area contributed by atoms with Gasteiger partial charge >= 0.3 is 13.6 Å². The Hall–Kier alpha value is -2.72. The van der Waals surface area contributed by atoms with Crippen LogP contribution in [0.4, 0.5) is 5.82 Å². The Morgan fingerprint density at radius 3 is 2.53 bits per heavy atom. The lowest BCUT2D eigenvalue weighted by Crippen LogP contribution is -2.08. The minimum Gasteiger partial charge on any atom is -0.468 e. The van der Waals surface area contributed by atoms with Crippen molar-refractivity contribution in [3.8, 4) is 12.0 Å². The molecule has 0 aliphatic carbocycles. The number of methoxy groups -OCH3 is 1. The maximum atomic E-state index is 12.4. The Kier molecular flexibility index (Phi) is 6.88. The first-order valence-electron chi connectivity index (χ1n) is 9.02. The molecular weight excluding hydrogens is 413 g/mol. The third-order valence-corrected chi connectivity index (χ3v) is 6.20. The lowest BCUT2D eigenvalue weighted by atomic mass is 10.1. The van der Waals surface area contributed by atoms with Crippen LogP contribution in [0, 0.1) is 0 Å². The van der Waals surface area contributed by atoms with Gasteiger partial charge in [-0.3, -0.25) is 9.13 Å². The van der Waals surface area contributed by atoms with Gasteiger partial charge in [-0.2, -0.15) is 15.0 Å². The zero-order valence-corrected chi connectivity index (χ0v) is 17.8. The Bertz CT molecular complexity index is 1060. The van der Waals surface area contributed by atoms with Gasteiger partial charge < -0.3 is 29.4 Å². The molecule has 3 rings (SSSR count). The van der Waals surface area contributed by atoms with E-state index in [-0.39, 0.29) is 31.2 Å². The van der Waals surface area contributed by atoms with E-state index in [0.29, 0.717) is 23.7 Å². The summed E-state index contributed by atoms with van der Waals surface area (Å²) in [6.07, 6.45) is 0.143. The summed E-state index contributed by atoms with van der Waals surface area (Å²) in [5, 5.41) is 8.96. The molecule has 11 nitrogen and oxygen atoms in total. The zero-order chi connectivity index (χ0) is 21.7. The largest absolute Gasteiger partial charge is 0.468 e. The molecule has 3 N–H and O–H groups in total. The summed E-state index contributed by atoms with van der Waals surface area (Å²) in [5.74, 6) is 0.139. The molecule has 0 atom stereocenters. The number of benzene rings is 1. The second-order valence-corrected chi connectivity index (χ2v) is 8.54. The van der Waals surface area contributed by atoms with Crippen molar-refractivity contribution in [3.05, 3.63) is 35.4 Å². The number of nitrogens with two attached hydrogens (primary N) is 1. The van der Waals surface area contributed by atoms with Crippen LogP contribution in [0.1, 0.15) is 11.1 Å². The summed E-state index contributed by atoms with van der Waals surface area (Å²) in [7, 11) is 1.02. The molecule has 12 heteroatoms. The van der Waals surface area contributed by atoms with Crippen LogP contribution in [-0.2, 0) is 26.3 Å². The van der Waals surface area contributed by atoms with E-state index in [4.69, 9.17) is 29.4 Å². The molecule has 0 aliphatic rings. The smallest absolute Gasteiger partial charge is 0.334 e. The predicted molar refractivity (Wildman–Crippen MR) is 110 cm³/mol. The standard InChI is InChI=1S/C18H24N5O6P/c1-26-18-20-14-15(19)21-17(29-8-7-24)22-16(14)23(18)10-12-5-4-6-13(9-12)11-30(25,27-2)28-3/h4-6,9,24H,7-8,10-11H2,1-3H3,(H2,19,21,22). The first-order valence-corrected chi connectivity index (χ1v) is 10.8. The Morgan fingerprint density at radius 1 is 1.13 bits per heavy atom. The molecule has 1 aromatic carbocycles. The fourth-order valence-electron chi connectivity index (χ4n) is 2.92. The van der Waals surface area contributed by atoms with Gasteiger partial charge in [0.25, 0.3) is 6.01 Å². The number of ether oxygens (including phenoxy) is 2. The molecule has 162 valence electrons. The van der Waals surface area contributed by atoms with Gasteiger partial charge in [0.15, 0.2) is 17.0 Å². The van der Waals surface area contributed by atoms with Crippen molar-refractivity contribution in [2.24, 2.45) is 0 Å². The first-order chi connectivity index (χ1) is 14.4. The van der Waals surface area contributed by atoms with Crippen molar-refractivity contribution >= 4 is 24.6 Å². The summed E-state index contributed by atoms with van der Waals surface area (Å²) in [4.78, 5) is 12.8. The van der Waals surface area contributed by atoms with Crippen LogP contribution in [0.3, 0.4) is 0 Å². The van der Waals surface area contributed by atoms with E-state index >= 15 is 0 Å². The molecule has 0 unspecified atom stereocenters. The lowest BCUT2D eigenvalue weighted by molar-refractivity contribution is 0.192. The Balaban J connectivity index is 1.97. The van der Waals surface area contributed by atoms with Crippen molar-refractivity contribution in [1.82, 2.24) is 19.5 Å². The molecule has 0 aliphatic heterocycles. The highest BCUT2D eigenvalue weighted by atomic mass is 31.2. The van der Waals surface area contributed by atoms with Crippen LogP contribution in [0.2, 0.25) is 0 Å². The number of rotatable bonds is 10. The maximum Gasteiger partial charge on any atom is 0.334 e. The number of nitrogen functional groups attached to an aromatic ring is 1. The normalized spacial score (nSPS) is 11.7. The summed E-state index contributed by atoms with van der Waals surface area (Å²) >= 11 is 0. The van der Waals surface area contributed by atoms with Gasteiger partial charge in [0.05, 0.1) is 26.4 Å². The number of imidazole rings is 1. The van der Waals surface area contributed by atoms with Gasteiger partial charge in [-0.15, -0.1) is 0 Å². The van der Waals surface area contributed by atoms with Gasteiger partial charge in [-0.05, 0) is 11.1 Å². The monoisotopic (exact) mass is 437 g/mol. The summed E-state index contributed by atoms with van der Waals surface area (Å²) in [5.41, 5.74) is 8.49. The van der Waals surface area contributed by atoms with E-state index in [9.17, 15) is 4.57 Å². The summed E-state index contributed by atoms with van der Waals surface area (Å²) < 4.78 is 34.9. The summed E-state index contributed by atoms with van der Waals surface area (Å²) in [6, 6.07) is 7.84. The minimum atomic E-state index is -3.19. The van der Waals surface area contributed by atoms with E-state index < -0.39 is 7.60 Å². The van der Waals surface area contributed by atoms with E-state index in [0.717, 1.165) is 11.1 Å². The molecule has 0 saturated carbocycles. The number of fused-ring (bicyclic) bond motifs is 1. The van der Waals surface area contributed by atoms with Gasteiger partial charge in [0.2, 0.25) is 0 Å². The second kappa shape index (κ2) is 9.40. The average molecular weight is 437 g/mol. The van der Waals surface area contributed by atoms with Crippen molar-refractivity contribution in [1.29, 1.82) is 0 Å². The molecular formula is C18H24N5O6P. The molecule has 0 spiro atoms. The van der Waals surface area contributed by atoms with Crippen LogP contribution >= 0.6 is 7.60 Å². The van der Waals surface area contributed by atoms with Gasteiger partial charge in [0.1, 0.15) is 6.61 Å². The highest BCUT2D eigenvalue weighted by Gasteiger charge is 2.22. The Labute approximate surface area is 173 Å². The highest BCUT2D eigenvalue weighted by molar-refractivity contribution is 7.52. The quantitative estimate of drug-likeness (QED) is 0.451. The van der Waals surface area contributed by atoms with Crippen molar-refractivity contribution in [2.45, 2.75) is 12.7 Å². The van der Waals surface area contributed by atoms with Crippen LogP contribution in [0.5, 0.6) is 12.0 Å². The molecule has 30 heavy (non-hydrogen) atoms. The van der Waals surface area contributed by atoms with E-state index in [2.05, 4.69) is 15.0 Å². The number of hydrogen-bond donors (Lipinski definition) is 2. The molecule has 2 aromatic heterocycles. The first kappa shape index (κ1) is 22.0. The third-order valence-electron chi connectivity index (χ3n) is 4.34. The number of anilines is 1. The van der Waals surface area contributed by atoms with Crippen molar-refractivity contribution < 1.29 is 28.2 Å². The number of nitrogens with zero attached hydrogens (tertiary/aromatic N) is 4. The molecule has 0 saturated heterocycles. The molecule has 2 heterocycles. The number of hydrogen-bond acceptors (Lipinski definition) is 10. The molecule has 3 aromatic rings. The SMILES string of the molecule is COc1nc2c(N)nc(OCCO)nc2n1Cc1cccc(CP(=O)(OC)OC)c1. The Morgan fingerprint density at radius 2 is 1.87 bits per heavy atom. The van der Waals surface area contributed by atoms with Gasteiger partial charge in [-0.1, -0.05) is 24.3 Å². The number of aliphatic hydroxyl groups excluding tert-OH is 1. The van der Waals surface area contributed by atoms with Crippen LogP contribution < -0.4 is 15.2 Å².